The Morgan fingerprint density at radius 3 is 2.64 bits per heavy atom. The number of carbonyl (C=O) groups is 1. The summed E-state index contributed by atoms with van der Waals surface area (Å²) in [5.41, 5.74) is 4.27. The van der Waals surface area contributed by atoms with Gasteiger partial charge in [0.25, 0.3) is 5.91 Å². The second-order valence-corrected chi connectivity index (χ2v) is 7.10. The minimum atomic E-state index is -0.341. The van der Waals surface area contributed by atoms with Gasteiger partial charge in [-0.05, 0) is 58.1 Å². The van der Waals surface area contributed by atoms with Crippen LogP contribution in [0, 0.1) is 0 Å². The van der Waals surface area contributed by atoms with Crippen molar-refractivity contribution in [3.05, 3.63) is 52.0 Å². The topological polar surface area (TPSA) is 69.2 Å². The molecule has 0 aliphatic carbocycles. The van der Waals surface area contributed by atoms with Crippen LogP contribution in [-0.4, -0.2) is 32.4 Å². The van der Waals surface area contributed by atoms with Crippen LogP contribution in [-0.2, 0) is 4.79 Å². The first-order chi connectivity index (χ1) is 13.5. The Morgan fingerprint density at radius 2 is 1.96 bits per heavy atom. The van der Waals surface area contributed by atoms with Gasteiger partial charge in [-0.15, -0.1) is 0 Å². The molecule has 2 aromatic rings. The number of methoxy groups -OCH3 is 1. The van der Waals surface area contributed by atoms with Crippen LogP contribution in [0.5, 0.6) is 17.2 Å². The molecule has 1 amide bonds. The standard InChI is InChI=1S/C21H25BrN2O4/c1-5-27-21-17(22)10-15(11-19(21)26-4)12-23-24-20(25)13-28-18-9-7-6-8-16(18)14(2)3/h6-12,14H,5,13H2,1-4H3,(H,24,25)/b23-12+. The van der Waals surface area contributed by atoms with Gasteiger partial charge in [0.2, 0.25) is 0 Å². The van der Waals surface area contributed by atoms with Crippen molar-refractivity contribution in [3.8, 4) is 17.2 Å². The van der Waals surface area contributed by atoms with Crippen LogP contribution >= 0.6 is 15.9 Å². The fourth-order valence-electron chi connectivity index (χ4n) is 2.54. The van der Waals surface area contributed by atoms with E-state index in [1.54, 1.807) is 13.2 Å². The highest BCUT2D eigenvalue weighted by molar-refractivity contribution is 9.10. The number of halogens is 1. The molecule has 28 heavy (non-hydrogen) atoms. The summed E-state index contributed by atoms with van der Waals surface area (Å²) in [6, 6.07) is 11.3. The highest BCUT2D eigenvalue weighted by Crippen LogP contribution is 2.36. The maximum atomic E-state index is 12.0. The highest BCUT2D eigenvalue weighted by Gasteiger charge is 2.11. The summed E-state index contributed by atoms with van der Waals surface area (Å²) in [6.45, 7) is 6.47. The molecule has 150 valence electrons. The molecule has 0 radical (unpaired) electrons. The van der Waals surface area contributed by atoms with Crippen LogP contribution < -0.4 is 19.6 Å². The molecule has 2 rings (SSSR count). The molecular formula is C21H25BrN2O4. The molecule has 0 unspecified atom stereocenters. The molecule has 2 aromatic carbocycles. The van der Waals surface area contributed by atoms with Crippen LogP contribution in [0.25, 0.3) is 0 Å². The number of hydrazone groups is 1. The number of amides is 1. The van der Waals surface area contributed by atoms with Crippen molar-refractivity contribution in [3.63, 3.8) is 0 Å². The second kappa shape index (κ2) is 10.7. The summed E-state index contributed by atoms with van der Waals surface area (Å²) in [4.78, 5) is 12.0. The van der Waals surface area contributed by atoms with Gasteiger partial charge in [-0.3, -0.25) is 4.79 Å². The van der Waals surface area contributed by atoms with Gasteiger partial charge in [-0.1, -0.05) is 32.0 Å². The third kappa shape index (κ3) is 5.99. The van der Waals surface area contributed by atoms with Gasteiger partial charge < -0.3 is 14.2 Å². The Labute approximate surface area is 174 Å². The summed E-state index contributed by atoms with van der Waals surface area (Å²) in [6.07, 6.45) is 1.53. The molecule has 7 heteroatoms. The van der Waals surface area contributed by atoms with E-state index in [1.165, 1.54) is 6.21 Å². The zero-order valence-electron chi connectivity index (χ0n) is 16.5. The minimum Gasteiger partial charge on any atom is -0.493 e. The third-order valence-corrected chi connectivity index (χ3v) is 4.43. The normalized spacial score (nSPS) is 10.9. The van der Waals surface area contributed by atoms with Crippen molar-refractivity contribution in [2.24, 2.45) is 5.10 Å². The molecule has 0 fully saturated rings. The first-order valence-electron chi connectivity index (χ1n) is 9.00. The Balaban J connectivity index is 1.96. The molecule has 0 spiro atoms. The predicted molar refractivity (Wildman–Crippen MR) is 114 cm³/mol. The number of hydrogen-bond donors (Lipinski definition) is 1. The van der Waals surface area contributed by atoms with E-state index in [1.807, 2.05) is 37.3 Å². The van der Waals surface area contributed by atoms with E-state index < -0.39 is 0 Å². The lowest BCUT2D eigenvalue weighted by molar-refractivity contribution is -0.123. The molecule has 0 heterocycles. The van der Waals surface area contributed by atoms with E-state index >= 15 is 0 Å². The summed E-state index contributed by atoms with van der Waals surface area (Å²) in [5.74, 6) is 1.88. The molecular weight excluding hydrogens is 424 g/mol. The average Bonchev–Trinajstić information content (AvgIpc) is 2.68. The van der Waals surface area contributed by atoms with Gasteiger partial charge in [0.1, 0.15) is 5.75 Å². The van der Waals surface area contributed by atoms with Gasteiger partial charge in [-0.25, -0.2) is 5.43 Å². The molecule has 6 nitrogen and oxygen atoms in total. The van der Waals surface area contributed by atoms with Gasteiger partial charge >= 0.3 is 0 Å². The van der Waals surface area contributed by atoms with E-state index in [9.17, 15) is 4.79 Å². The zero-order valence-corrected chi connectivity index (χ0v) is 18.1. The Hall–Kier alpha value is -2.54. The van der Waals surface area contributed by atoms with Crippen molar-refractivity contribution >= 4 is 28.1 Å². The molecule has 0 atom stereocenters. The van der Waals surface area contributed by atoms with E-state index in [0.29, 0.717) is 29.8 Å². The summed E-state index contributed by atoms with van der Waals surface area (Å²) in [5, 5.41) is 3.98. The quantitative estimate of drug-likeness (QED) is 0.452. The fourth-order valence-corrected chi connectivity index (χ4v) is 3.12. The summed E-state index contributed by atoms with van der Waals surface area (Å²) >= 11 is 3.46. The molecule has 0 aliphatic rings. The number of nitrogens with zero attached hydrogens (tertiary/aromatic N) is 1. The maximum absolute atomic E-state index is 12.0. The number of hydrogen-bond acceptors (Lipinski definition) is 5. The Kier molecular flexibility index (Phi) is 8.32. The number of ether oxygens (including phenoxy) is 3. The van der Waals surface area contributed by atoms with Crippen LogP contribution in [0.2, 0.25) is 0 Å². The van der Waals surface area contributed by atoms with E-state index in [4.69, 9.17) is 14.2 Å². The minimum absolute atomic E-state index is 0.114. The lowest BCUT2D eigenvalue weighted by atomic mass is 10.0. The summed E-state index contributed by atoms with van der Waals surface area (Å²) < 4.78 is 17.3. The number of carbonyl (C=O) groups excluding carboxylic acids is 1. The predicted octanol–water partition coefficient (Wildman–Crippen LogP) is 4.51. The lowest BCUT2D eigenvalue weighted by Gasteiger charge is -2.13. The monoisotopic (exact) mass is 448 g/mol. The van der Waals surface area contributed by atoms with E-state index in [-0.39, 0.29) is 12.5 Å². The van der Waals surface area contributed by atoms with E-state index in [0.717, 1.165) is 15.6 Å². The van der Waals surface area contributed by atoms with Crippen molar-refractivity contribution < 1.29 is 19.0 Å². The fraction of sp³-hybridized carbons (Fsp3) is 0.333. The van der Waals surface area contributed by atoms with Gasteiger partial charge in [0, 0.05) is 0 Å². The molecule has 0 saturated carbocycles. The van der Waals surface area contributed by atoms with Crippen LogP contribution in [0.15, 0.2) is 46.0 Å². The molecule has 0 aliphatic heterocycles. The average molecular weight is 449 g/mol. The second-order valence-electron chi connectivity index (χ2n) is 6.24. The Morgan fingerprint density at radius 1 is 1.21 bits per heavy atom. The number of rotatable bonds is 9. The third-order valence-electron chi connectivity index (χ3n) is 3.84. The smallest absolute Gasteiger partial charge is 0.277 e. The van der Waals surface area contributed by atoms with Gasteiger partial charge in [0.05, 0.1) is 24.4 Å². The first-order valence-corrected chi connectivity index (χ1v) is 9.79. The van der Waals surface area contributed by atoms with Crippen LogP contribution in [0.3, 0.4) is 0 Å². The van der Waals surface area contributed by atoms with Crippen LogP contribution in [0.1, 0.15) is 37.8 Å². The lowest BCUT2D eigenvalue weighted by Crippen LogP contribution is -2.24. The number of nitrogens with one attached hydrogen (secondary N) is 1. The molecule has 1 N–H and O–H groups in total. The Bertz CT molecular complexity index is 837. The highest BCUT2D eigenvalue weighted by atomic mass is 79.9. The number of para-hydroxylation sites is 1. The molecule has 0 bridgehead atoms. The SMILES string of the molecule is CCOc1c(Br)cc(/C=N/NC(=O)COc2ccccc2C(C)C)cc1OC. The van der Waals surface area contributed by atoms with Crippen LogP contribution in [0.4, 0.5) is 0 Å². The first kappa shape index (κ1) is 21.8. The number of benzene rings is 2. The summed E-state index contributed by atoms with van der Waals surface area (Å²) in [7, 11) is 1.57. The van der Waals surface area contributed by atoms with Gasteiger partial charge in [-0.2, -0.15) is 5.10 Å². The van der Waals surface area contributed by atoms with E-state index in [2.05, 4.69) is 40.3 Å². The zero-order chi connectivity index (χ0) is 20.5. The van der Waals surface area contributed by atoms with Crippen molar-refractivity contribution in [2.75, 3.05) is 20.3 Å². The molecule has 0 saturated heterocycles. The van der Waals surface area contributed by atoms with Crippen molar-refractivity contribution in [2.45, 2.75) is 26.7 Å². The van der Waals surface area contributed by atoms with Gasteiger partial charge in [0.15, 0.2) is 18.1 Å². The van der Waals surface area contributed by atoms with Crippen molar-refractivity contribution in [1.82, 2.24) is 5.43 Å². The maximum Gasteiger partial charge on any atom is 0.277 e. The largest absolute Gasteiger partial charge is 0.493 e. The van der Waals surface area contributed by atoms with Crippen molar-refractivity contribution in [1.29, 1.82) is 0 Å². The molecule has 0 aromatic heterocycles.